The highest BCUT2D eigenvalue weighted by molar-refractivity contribution is 5.94. The van der Waals surface area contributed by atoms with E-state index >= 15 is 0 Å². The number of carbonyl (C=O) groups is 1. The molecule has 5 heteroatoms. The van der Waals surface area contributed by atoms with Crippen LogP contribution in [0.15, 0.2) is 39.5 Å². The van der Waals surface area contributed by atoms with Crippen LogP contribution in [0.5, 0.6) is 11.5 Å². The number of fused-ring (bicyclic) bond motifs is 2. The Morgan fingerprint density at radius 2 is 2.09 bits per heavy atom. The smallest absolute Gasteiger partial charge is 0.204 e. The van der Waals surface area contributed by atoms with Gasteiger partial charge in [-0.3, -0.25) is 9.59 Å². The van der Waals surface area contributed by atoms with E-state index in [4.69, 9.17) is 9.15 Å². The molecule has 1 heterocycles. The van der Waals surface area contributed by atoms with Gasteiger partial charge in [-0.1, -0.05) is 12.1 Å². The summed E-state index contributed by atoms with van der Waals surface area (Å²) in [6.45, 7) is 3.13. The number of phenolic OH excluding ortho intramolecular Hbond substituents is 1. The van der Waals surface area contributed by atoms with E-state index in [9.17, 15) is 14.7 Å². The van der Waals surface area contributed by atoms with E-state index in [1.807, 2.05) is 13.0 Å². The lowest BCUT2D eigenvalue weighted by Gasteiger charge is -2.08. The molecule has 22 heavy (non-hydrogen) atoms. The fourth-order valence-electron chi connectivity index (χ4n) is 2.36. The maximum atomic E-state index is 12.5. The van der Waals surface area contributed by atoms with Crippen LogP contribution in [0.2, 0.25) is 0 Å². The molecule has 2 aromatic carbocycles. The summed E-state index contributed by atoms with van der Waals surface area (Å²) in [6, 6.07) is 8.08. The van der Waals surface area contributed by atoms with Gasteiger partial charge in [-0.15, -0.1) is 0 Å². The van der Waals surface area contributed by atoms with E-state index < -0.39 is 0 Å². The van der Waals surface area contributed by atoms with Gasteiger partial charge in [-0.05, 0) is 25.5 Å². The van der Waals surface area contributed by atoms with Gasteiger partial charge >= 0.3 is 0 Å². The number of ether oxygens (including phenoxy) is 1. The van der Waals surface area contributed by atoms with E-state index in [0.717, 1.165) is 5.56 Å². The van der Waals surface area contributed by atoms with Gasteiger partial charge in [0.25, 0.3) is 0 Å². The van der Waals surface area contributed by atoms with Crippen molar-refractivity contribution in [3.05, 3.63) is 46.1 Å². The summed E-state index contributed by atoms with van der Waals surface area (Å²) in [5.74, 6) is -0.0973. The van der Waals surface area contributed by atoms with Crippen LogP contribution in [0.25, 0.3) is 21.9 Å². The Balaban J connectivity index is 2.29. The van der Waals surface area contributed by atoms with Crippen LogP contribution >= 0.6 is 0 Å². The molecule has 0 fully saturated rings. The van der Waals surface area contributed by atoms with Gasteiger partial charge in [0.1, 0.15) is 34.7 Å². The summed E-state index contributed by atoms with van der Waals surface area (Å²) < 4.78 is 11.0. The second-order valence-electron chi connectivity index (χ2n) is 5.19. The first kappa shape index (κ1) is 14.1. The fourth-order valence-corrected chi connectivity index (χ4v) is 2.36. The number of aromatic hydroxyl groups is 1. The first-order valence-electron chi connectivity index (χ1n) is 6.79. The minimum absolute atomic E-state index is 0.105. The minimum atomic E-state index is -0.296. The quantitative estimate of drug-likeness (QED) is 0.752. The largest absolute Gasteiger partial charge is 0.507 e. The van der Waals surface area contributed by atoms with Gasteiger partial charge in [0.15, 0.2) is 5.78 Å². The molecule has 3 rings (SSSR count). The first-order valence-corrected chi connectivity index (χ1v) is 6.79. The Morgan fingerprint density at radius 3 is 2.82 bits per heavy atom. The molecule has 0 spiro atoms. The topological polar surface area (TPSA) is 76.7 Å². The number of para-hydroxylation sites is 1. The van der Waals surface area contributed by atoms with Gasteiger partial charge in [-0.2, -0.15) is 0 Å². The number of Topliss-reactive ketones (excluding diaryl/α,β-unsaturated/α-hetero) is 1. The lowest BCUT2D eigenvalue weighted by Crippen LogP contribution is -2.07. The third kappa shape index (κ3) is 2.30. The standard InChI is InChI=1S/C17H14O5/c1-9-4-3-5-12-16(20)15-13(19)6-11(21-8-10(2)18)7-14(15)22-17(9)12/h3-7,19H,8H2,1-2H3. The molecule has 0 unspecified atom stereocenters. The third-order valence-corrected chi connectivity index (χ3v) is 3.39. The Hall–Kier alpha value is -2.82. The Labute approximate surface area is 125 Å². The lowest BCUT2D eigenvalue weighted by atomic mass is 10.1. The SMILES string of the molecule is CC(=O)COc1cc(O)c2c(=O)c3cccc(C)c3oc2c1. The maximum Gasteiger partial charge on any atom is 0.204 e. The van der Waals surface area contributed by atoms with Gasteiger partial charge in [0.2, 0.25) is 5.43 Å². The molecule has 0 amide bonds. The van der Waals surface area contributed by atoms with Crippen molar-refractivity contribution in [2.45, 2.75) is 13.8 Å². The van der Waals surface area contributed by atoms with Crippen molar-refractivity contribution in [1.29, 1.82) is 0 Å². The van der Waals surface area contributed by atoms with E-state index in [-0.39, 0.29) is 40.3 Å². The van der Waals surface area contributed by atoms with Crippen LogP contribution in [0.3, 0.4) is 0 Å². The van der Waals surface area contributed by atoms with Crippen molar-refractivity contribution in [2.24, 2.45) is 0 Å². The van der Waals surface area contributed by atoms with Gasteiger partial charge in [0, 0.05) is 12.1 Å². The number of carbonyl (C=O) groups excluding carboxylic acids is 1. The second kappa shape index (κ2) is 5.18. The molecule has 0 bridgehead atoms. The second-order valence-corrected chi connectivity index (χ2v) is 5.19. The molecule has 0 radical (unpaired) electrons. The fraction of sp³-hybridized carbons (Fsp3) is 0.176. The van der Waals surface area contributed by atoms with E-state index in [1.165, 1.54) is 19.1 Å². The highest BCUT2D eigenvalue weighted by Gasteiger charge is 2.14. The highest BCUT2D eigenvalue weighted by Crippen LogP contribution is 2.31. The number of benzene rings is 2. The number of rotatable bonds is 3. The van der Waals surface area contributed by atoms with Crippen LogP contribution in [0.1, 0.15) is 12.5 Å². The molecule has 0 aliphatic carbocycles. The Bertz CT molecular complexity index is 953. The number of hydrogen-bond acceptors (Lipinski definition) is 5. The van der Waals surface area contributed by atoms with Gasteiger partial charge in [-0.25, -0.2) is 0 Å². The molecular formula is C17H14O5. The number of phenols is 1. The Morgan fingerprint density at radius 1 is 1.32 bits per heavy atom. The summed E-state index contributed by atoms with van der Waals surface area (Å²) >= 11 is 0. The Kier molecular flexibility index (Phi) is 3.33. The molecule has 3 aromatic rings. The normalized spacial score (nSPS) is 11.0. The molecule has 0 saturated heterocycles. The summed E-state index contributed by atoms with van der Waals surface area (Å²) in [7, 11) is 0. The van der Waals surface area contributed by atoms with Crippen molar-refractivity contribution in [3.8, 4) is 11.5 Å². The average Bonchev–Trinajstić information content (AvgIpc) is 2.46. The van der Waals surface area contributed by atoms with Crippen LogP contribution < -0.4 is 10.2 Å². The molecule has 0 saturated carbocycles. The van der Waals surface area contributed by atoms with Crippen molar-refractivity contribution in [1.82, 2.24) is 0 Å². The molecule has 1 aromatic heterocycles. The minimum Gasteiger partial charge on any atom is -0.507 e. The average molecular weight is 298 g/mol. The van der Waals surface area contributed by atoms with E-state index in [2.05, 4.69) is 0 Å². The summed E-state index contributed by atoms with van der Waals surface area (Å²) in [6.07, 6.45) is 0. The molecule has 0 aliphatic heterocycles. The van der Waals surface area contributed by atoms with Gasteiger partial charge < -0.3 is 14.3 Å². The summed E-state index contributed by atoms with van der Waals surface area (Å²) in [5.41, 5.74) is 1.23. The molecule has 0 aliphatic rings. The molecule has 5 nitrogen and oxygen atoms in total. The van der Waals surface area contributed by atoms with E-state index in [1.54, 1.807) is 12.1 Å². The van der Waals surface area contributed by atoms with Crippen molar-refractivity contribution in [3.63, 3.8) is 0 Å². The predicted molar refractivity (Wildman–Crippen MR) is 82.6 cm³/mol. The third-order valence-electron chi connectivity index (χ3n) is 3.39. The van der Waals surface area contributed by atoms with Crippen LogP contribution in [0, 0.1) is 6.92 Å². The van der Waals surface area contributed by atoms with E-state index in [0.29, 0.717) is 11.0 Å². The van der Waals surface area contributed by atoms with Crippen LogP contribution in [-0.2, 0) is 4.79 Å². The summed E-state index contributed by atoms with van der Waals surface area (Å²) in [4.78, 5) is 23.5. The zero-order valence-corrected chi connectivity index (χ0v) is 12.2. The van der Waals surface area contributed by atoms with Gasteiger partial charge in [0.05, 0.1) is 5.39 Å². The molecular weight excluding hydrogens is 284 g/mol. The first-order chi connectivity index (χ1) is 10.5. The number of ketones is 1. The molecule has 112 valence electrons. The molecule has 0 atom stereocenters. The maximum absolute atomic E-state index is 12.5. The van der Waals surface area contributed by atoms with Crippen molar-refractivity contribution >= 4 is 27.7 Å². The number of hydrogen-bond donors (Lipinski definition) is 1. The zero-order chi connectivity index (χ0) is 15.9. The van der Waals surface area contributed by atoms with Crippen molar-refractivity contribution in [2.75, 3.05) is 6.61 Å². The summed E-state index contributed by atoms with van der Waals surface area (Å²) in [5, 5.41) is 10.6. The zero-order valence-electron chi connectivity index (χ0n) is 12.2. The highest BCUT2D eigenvalue weighted by atomic mass is 16.5. The monoisotopic (exact) mass is 298 g/mol. The number of aryl methyl sites for hydroxylation is 1. The predicted octanol–water partition coefficient (Wildman–Crippen LogP) is 2.93. The lowest BCUT2D eigenvalue weighted by molar-refractivity contribution is -0.118. The van der Waals surface area contributed by atoms with Crippen molar-refractivity contribution < 1.29 is 19.1 Å². The van der Waals surface area contributed by atoms with Crippen LogP contribution in [-0.4, -0.2) is 17.5 Å². The molecule has 1 N–H and O–H groups in total. The van der Waals surface area contributed by atoms with Crippen LogP contribution in [0.4, 0.5) is 0 Å².